The van der Waals surface area contributed by atoms with E-state index in [-0.39, 0.29) is 18.4 Å². The number of hydrogen-bond acceptors (Lipinski definition) is 2. The lowest BCUT2D eigenvalue weighted by molar-refractivity contribution is -0.115. The van der Waals surface area contributed by atoms with Crippen LogP contribution in [0.15, 0.2) is 46.9 Å². The number of aromatic nitrogens is 1. The molecule has 0 saturated heterocycles. The maximum atomic E-state index is 12.7. The van der Waals surface area contributed by atoms with Crippen molar-refractivity contribution in [2.45, 2.75) is 34.6 Å². The molecule has 2 amide bonds. The minimum Gasteiger partial charge on any atom is -0.343 e. The van der Waals surface area contributed by atoms with Crippen molar-refractivity contribution in [3.8, 4) is 5.69 Å². The summed E-state index contributed by atoms with van der Waals surface area (Å²) in [6, 6.07) is 13.8. The minimum atomic E-state index is -0.265. The van der Waals surface area contributed by atoms with E-state index in [1.54, 1.807) is 0 Å². The highest BCUT2D eigenvalue weighted by atomic mass is 79.9. The van der Waals surface area contributed by atoms with E-state index < -0.39 is 0 Å². The molecule has 5 nitrogen and oxygen atoms in total. The summed E-state index contributed by atoms with van der Waals surface area (Å²) in [4.78, 5) is 25.2. The van der Waals surface area contributed by atoms with E-state index in [0.717, 1.165) is 43.9 Å². The van der Waals surface area contributed by atoms with Gasteiger partial charge in [-0.25, -0.2) is 0 Å². The molecule has 1 heterocycles. The number of nitrogens with one attached hydrogen (secondary N) is 2. The normalized spacial score (nSPS) is 10.7. The minimum absolute atomic E-state index is 0.0897. The largest absolute Gasteiger partial charge is 0.343 e. The van der Waals surface area contributed by atoms with Gasteiger partial charge < -0.3 is 15.2 Å². The molecule has 0 fully saturated rings. The summed E-state index contributed by atoms with van der Waals surface area (Å²) in [6.45, 7) is 9.73. The van der Waals surface area contributed by atoms with E-state index in [9.17, 15) is 9.59 Å². The molecule has 2 N–H and O–H groups in total. The molecule has 0 aliphatic heterocycles. The number of halogens is 1. The third-order valence-corrected chi connectivity index (χ3v) is 5.64. The molecule has 6 heteroatoms. The van der Waals surface area contributed by atoms with Crippen LogP contribution in [-0.4, -0.2) is 22.9 Å². The van der Waals surface area contributed by atoms with Gasteiger partial charge in [0.05, 0.1) is 12.1 Å². The topological polar surface area (TPSA) is 63.1 Å². The van der Waals surface area contributed by atoms with Crippen molar-refractivity contribution in [3.05, 3.63) is 80.6 Å². The summed E-state index contributed by atoms with van der Waals surface area (Å²) in [5.41, 5.74) is 7.29. The second-order valence-electron chi connectivity index (χ2n) is 7.60. The van der Waals surface area contributed by atoms with Crippen LogP contribution in [-0.2, 0) is 4.79 Å². The van der Waals surface area contributed by atoms with Gasteiger partial charge >= 0.3 is 0 Å². The summed E-state index contributed by atoms with van der Waals surface area (Å²) in [7, 11) is 0. The number of amides is 2. The number of rotatable bonds is 5. The average Bonchev–Trinajstić information content (AvgIpc) is 2.98. The van der Waals surface area contributed by atoms with Gasteiger partial charge in [-0.15, -0.1) is 0 Å². The molecule has 0 aliphatic rings. The van der Waals surface area contributed by atoms with Crippen LogP contribution >= 0.6 is 15.9 Å². The summed E-state index contributed by atoms with van der Waals surface area (Å²) < 4.78 is 3.03. The molecular weight excluding hydrogens is 442 g/mol. The number of carbonyl (C=O) groups is 2. The van der Waals surface area contributed by atoms with E-state index in [1.165, 1.54) is 0 Å². The van der Waals surface area contributed by atoms with Crippen molar-refractivity contribution in [1.82, 2.24) is 9.88 Å². The van der Waals surface area contributed by atoms with Gasteiger partial charge in [-0.2, -0.15) is 0 Å². The van der Waals surface area contributed by atoms with E-state index in [2.05, 4.69) is 26.6 Å². The number of aryl methyl sites for hydroxylation is 4. The molecule has 156 valence electrons. The SMILES string of the molecule is Cc1cc(C)c(NC(=O)CNC(=O)c2cc(C)n(-c3ccc(Br)cc3)c2C)c(C)c1. The zero-order valence-corrected chi connectivity index (χ0v) is 19.5. The first kappa shape index (κ1) is 21.8. The Morgan fingerprint density at radius 3 is 2.13 bits per heavy atom. The van der Waals surface area contributed by atoms with Crippen LogP contribution in [0.3, 0.4) is 0 Å². The quantitative estimate of drug-likeness (QED) is 0.544. The summed E-state index contributed by atoms with van der Waals surface area (Å²) in [6.07, 6.45) is 0. The van der Waals surface area contributed by atoms with Crippen molar-refractivity contribution in [3.63, 3.8) is 0 Å². The fourth-order valence-corrected chi connectivity index (χ4v) is 4.06. The van der Waals surface area contributed by atoms with E-state index >= 15 is 0 Å². The van der Waals surface area contributed by atoms with Gasteiger partial charge in [0.2, 0.25) is 5.91 Å². The number of benzene rings is 2. The smallest absolute Gasteiger partial charge is 0.253 e. The van der Waals surface area contributed by atoms with Crippen molar-refractivity contribution in [1.29, 1.82) is 0 Å². The molecule has 0 unspecified atom stereocenters. The molecular formula is C24H26BrN3O2. The summed E-state index contributed by atoms with van der Waals surface area (Å²) in [5, 5.41) is 5.65. The van der Waals surface area contributed by atoms with Crippen molar-refractivity contribution < 1.29 is 9.59 Å². The van der Waals surface area contributed by atoms with Gasteiger partial charge in [-0.3, -0.25) is 9.59 Å². The maximum Gasteiger partial charge on any atom is 0.253 e. The highest BCUT2D eigenvalue weighted by Crippen LogP contribution is 2.23. The molecule has 2 aromatic carbocycles. The maximum absolute atomic E-state index is 12.7. The van der Waals surface area contributed by atoms with Crippen molar-refractivity contribution in [2.75, 3.05) is 11.9 Å². The van der Waals surface area contributed by atoms with Gasteiger partial charge in [0, 0.05) is 27.2 Å². The van der Waals surface area contributed by atoms with Gasteiger partial charge in [0.25, 0.3) is 5.91 Å². The molecule has 0 aliphatic carbocycles. The Balaban J connectivity index is 1.70. The molecule has 0 saturated carbocycles. The van der Waals surface area contributed by atoms with E-state index in [0.29, 0.717) is 5.56 Å². The van der Waals surface area contributed by atoms with E-state index in [4.69, 9.17) is 0 Å². The first-order valence-electron chi connectivity index (χ1n) is 9.78. The Morgan fingerprint density at radius 1 is 0.933 bits per heavy atom. The third-order valence-electron chi connectivity index (χ3n) is 5.11. The van der Waals surface area contributed by atoms with Crippen LogP contribution in [0, 0.1) is 34.6 Å². The molecule has 1 aromatic heterocycles. The molecule has 3 aromatic rings. The molecule has 0 bridgehead atoms. The van der Waals surface area contributed by atoms with Crippen molar-refractivity contribution >= 4 is 33.4 Å². The predicted molar refractivity (Wildman–Crippen MR) is 125 cm³/mol. The predicted octanol–water partition coefficient (Wildman–Crippen LogP) is 5.15. The molecule has 30 heavy (non-hydrogen) atoms. The fraction of sp³-hybridized carbons (Fsp3) is 0.250. The number of nitrogens with zero attached hydrogens (tertiary/aromatic N) is 1. The standard InChI is InChI=1S/C24H26BrN3O2/c1-14-10-15(2)23(16(3)11-14)27-22(29)13-26-24(30)21-12-17(4)28(18(21)5)20-8-6-19(25)7-9-20/h6-12H,13H2,1-5H3,(H,26,30)(H,27,29). The lowest BCUT2D eigenvalue weighted by atomic mass is 10.1. The van der Waals surface area contributed by atoms with Gasteiger partial charge in [-0.05, 0) is 76.1 Å². The first-order chi connectivity index (χ1) is 14.2. The highest BCUT2D eigenvalue weighted by molar-refractivity contribution is 9.10. The van der Waals surface area contributed by atoms with Crippen LogP contribution in [0.5, 0.6) is 0 Å². The van der Waals surface area contributed by atoms with Gasteiger partial charge in [0.15, 0.2) is 0 Å². The van der Waals surface area contributed by atoms with Crippen LogP contribution in [0.25, 0.3) is 5.69 Å². The lowest BCUT2D eigenvalue weighted by Gasteiger charge is -2.13. The summed E-state index contributed by atoms with van der Waals surface area (Å²) >= 11 is 3.44. The Labute approximate surface area is 185 Å². The van der Waals surface area contributed by atoms with Gasteiger partial charge in [-0.1, -0.05) is 33.6 Å². The molecule has 0 radical (unpaired) electrons. The molecule has 0 atom stereocenters. The Bertz CT molecular complexity index is 1090. The van der Waals surface area contributed by atoms with Crippen LogP contribution in [0.1, 0.15) is 38.4 Å². The monoisotopic (exact) mass is 467 g/mol. The third kappa shape index (κ3) is 4.65. The number of anilines is 1. The van der Waals surface area contributed by atoms with Crippen LogP contribution in [0.2, 0.25) is 0 Å². The lowest BCUT2D eigenvalue weighted by Crippen LogP contribution is -2.33. The summed E-state index contributed by atoms with van der Waals surface area (Å²) in [5.74, 6) is -0.515. The molecule has 3 rings (SSSR count). The Hall–Kier alpha value is -2.86. The zero-order chi connectivity index (χ0) is 22.0. The Kier molecular flexibility index (Phi) is 6.46. The van der Waals surface area contributed by atoms with Gasteiger partial charge in [0.1, 0.15) is 0 Å². The fourth-order valence-electron chi connectivity index (χ4n) is 3.80. The second-order valence-corrected chi connectivity index (χ2v) is 8.52. The highest BCUT2D eigenvalue weighted by Gasteiger charge is 2.17. The average molecular weight is 468 g/mol. The van der Waals surface area contributed by atoms with Crippen LogP contribution < -0.4 is 10.6 Å². The second kappa shape index (κ2) is 8.88. The van der Waals surface area contributed by atoms with E-state index in [1.807, 2.05) is 81.7 Å². The first-order valence-corrected chi connectivity index (χ1v) is 10.6. The zero-order valence-electron chi connectivity index (χ0n) is 17.9. The number of hydrogen-bond donors (Lipinski definition) is 2. The van der Waals surface area contributed by atoms with Crippen LogP contribution in [0.4, 0.5) is 5.69 Å². The molecule has 0 spiro atoms. The van der Waals surface area contributed by atoms with Crippen molar-refractivity contribution in [2.24, 2.45) is 0 Å². The Morgan fingerprint density at radius 2 is 1.53 bits per heavy atom. The number of carbonyl (C=O) groups excluding carboxylic acids is 2.